The second-order valence-corrected chi connectivity index (χ2v) is 4.64. The Kier molecular flexibility index (Phi) is 4.74. The van der Waals surface area contributed by atoms with Gasteiger partial charge in [-0.05, 0) is 30.7 Å². The number of nitrogens with one attached hydrogen (secondary N) is 2. The van der Waals surface area contributed by atoms with Gasteiger partial charge in [0.25, 0.3) is 0 Å². The molecule has 20 heavy (non-hydrogen) atoms. The van der Waals surface area contributed by atoms with E-state index in [1.165, 1.54) is 11.8 Å². The summed E-state index contributed by atoms with van der Waals surface area (Å²) in [6.07, 6.45) is 4.86. The van der Waals surface area contributed by atoms with Crippen LogP contribution in [-0.4, -0.2) is 11.0 Å². The van der Waals surface area contributed by atoms with Crippen molar-refractivity contribution in [2.24, 2.45) is 0 Å². The van der Waals surface area contributed by atoms with Crippen LogP contribution in [0.5, 0.6) is 0 Å². The van der Waals surface area contributed by atoms with E-state index in [-0.39, 0.29) is 6.03 Å². The third-order valence-electron chi connectivity index (χ3n) is 2.54. The second kappa shape index (κ2) is 6.73. The Balaban J connectivity index is 1.85. The average Bonchev–Trinajstić information content (AvgIpc) is 2.44. The Morgan fingerprint density at radius 2 is 1.95 bits per heavy atom. The van der Waals surface area contributed by atoms with Gasteiger partial charge in [-0.2, -0.15) is 0 Å². The molecule has 0 aliphatic rings. The van der Waals surface area contributed by atoms with Gasteiger partial charge < -0.3 is 5.32 Å². The molecule has 0 unspecified atom stereocenters. The summed E-state index contributed by atoms with van der Waals surface area (Å²) in [4.78, 5) is 15.6. The predicted molar refractivity (Wildman–Crippen MR) is 81.6 cm³/mol. The SMILES string of the molecule is Cc1ccc(/C=C/NC(=O)Nc2ccc(Cl)cn2)cc1. The smallest absolute Gasteiger partial charge is 0.314 e. The fourth-order valence-corrected chi connectivity index (χ4v) is 1.61. The van der Waals surface area contributed by atoms with Crippen LogP contribution in [0, 0.1) is 6.92 Å². The maximum absolute atomic E-state index is 11.6. The molecule has 4 nitrogen and oxygen atoms in total. The molecule has 2 N–H and O–H groups in total. The lowest BCUT2D eigenvalue weighted by Gasteiger charge is -2.03. The normalized spacial score (nSPS) is 10.5. The van der Waals surface area contributed by atoms with E-state index in [4.69, 9.17) is 11.6 Å². The number of benzene rings is 1. The summed E-state index contributed by atoms with van der Waals surface area (Å²) in [7, 11) is 0. The quantitative estimate of drug-likeness (QED) is 0.901. The van der Waals surface area contributed by atoms with Gasteiger partial charge in [0.05, 0.1) is 5.02 Å². The monoisotopic (exact) mass is 287 g/mol. The summed E-state index contributed by atoms with van der Waals surface area (Å²) in [6.45, 7) is 2.03. The van der Waals surface area contributed by atoms with E-state index < -0.39 is 0 Å². The highest BCUT2D eigenvalue weighted by atomic mass is 35.5. The minimum absolute atomic E-state index is 0.358. The fraction of sp³-hybridized carbons (Fsp3) is 0.0667. The number of amides is 2. The van der Waals surface area contributed by atoms with E-state index in [9.17, 15) is 4.79 Å². The summed E-state index contributed by atoms with van der Waals surface area (Å²) in [5, 5.41) is 5.72. The molecule has 0 radical (unpaired) electrons. The molecule has 0 saturated heterocycles. The van der Waals surface area contributed by atoms with Crippen molar-refractivity contribution in [1.82, 2.24) is 10.3 Å². The molecule has 0 aliphatic heterocycles. The van der Waals surface area contributed by atoms with Gasteiger partial charge in [0.2, 0.25) is 0 Å². The lowest BCUT2D eigenvalue weighted by atomic mass is 10.1. The van der Waals surface area contributed by atoms with Gasteiger partial charge in [-0.1, -0.05) is 41.4 Å². The van der Waals surface area contributed by atoms with Crippen molar-refractivity contribution in [3.8, 4) is 0 Å². The number of urea groups is 1. The van der Waals surface area contributed by atoms with Gasteiger partial charge in [-0.15, -0.1) is 0 Å². The van der Waals surface area contributed by atoms with Crippen molar-refractivity contribution in [3.05, 3.63) is 64.9 Å². The number of rotatable bonds is 3. The minimum Gasteiger partial charge on any atom is -0.314 e. The van der Waals surface area contributed by atoms with Crippen LogP contribution in [0.3, 0.4) is 0 Å². The molecule has 2 amide bonds. The summed E-state index contributed by atoms with van der Waals surface area (Å²) in [6, 6.07) is 10.9. The average molecular weight is 288 g/mol. The summed E-state index contributed by atoms with van der Waals surface area (Å²) >= 11 is 5.71. The molecule has 1 aromatic heterocycles. The Morgan fingerprint density at radius 3 is 2.60 bits per heavy atom. The number of hydrogen-bond acceptors (Lipinski definition) is 2. The molecule has 2 aromatic rings. The van der Waals surface area contributed by atoms with Crippen LogP contribution in [0.1, 0.15) is 11.1 Å². The Morgan fingerprint density at radius 1 is 1.20 bits per heavy atom. The molecular weight excluding hydrogens is 274 g/mol. The topological polar surface area (TPSA) is 54.0 Å². The third-order valence-corrected chi connectivity index (χ3v) is 2.76. The van der Waals surface area contributed by atoms with E-state index in [0.29, 0.717) is 10.8 Å². The second-order valence-electron chi connectivity index (χ2n) is 4.20. The number of anilines is 1. The number of hydrogen-bond donors (Lipinski definition) is 2. The van der Waals surface area contributed by atoms with Gasteiger partial charge in [0.15, 0.2) is 0 Å². The molecule has 2 rings (SSSR count). The predicted octanol–water partition coefficient (Wildman–Crippen LogP) is 3.84. The standard InChI is InChI=1S/C15H14ClN3O/c1-11-2-4-12(5-3-11)8-9-17-15(20)19-14-7-6-13(16)10-18-14/h2-10H,1H3,(H2,17,18,19,20)/b9-8+. The van der Waals surface area contributed by atoms with Crippen LogP contribution in [0.2, 0.25) is 5.02 Å². The van der Waals surface area contributed by atoms with Crippen LogP contribution >= 0.6 is 11.6 Å². The summed E-state index contributed by atoms with van der Waals surface area (Å²) in [5.74, 6) is 0.440. The van der Waals surface area contributed by atoms with E-state index in [1.807, 2.05) is 37.3 Å². The van der Waals surface area contributed by atoms with Crippen LogP contribution in [0.4, 0.5) is 10.6 Å². The fourth-order valence-electron chi connectivity index (χ4n) is 1.49. The lowest BCUT2D eigenvalue weighted by Crippen LogP contribution is -2.24. The van der Waals surface area contributed by atoms with Crippen molar-refractivity contribution in [2.75, 3.05) is 5.32 Å². The number of pyridine rings is 1. The van der Waals surface area contributed by atoms with Crippen LogP contribution in [0.25, 0.3) is 6.08 Å². The molecule has 0 saturated carbocycles. The van der Waals surface area contributed by atoms with Crippen molar-refractivity contribution >= 4 is 29.5 Å². The van der Waals surface area contributed by atoms with Crippen molar-refractivity contribution in [3.63, 3.8) is 0 Å². The summed E-state index contributed by atoms with van der Waals surface area (Å²) in [5.41, 5.74) is 2.21. The number of aryl methyl sites for hydroxylation is 1. The first-order valence-electron chi connectivity index (χ1n) is 6.06. The van der Waals surface area contributed by atoms with Crippen molar-refractivity contribution in [2.45, 2.75) is 6.92 Å². The summed E-state index contributed by atoms with van der Waals surface area (Å²) < 4.78 is 0. The largest absolute Gasteiger partial charge is 0.324 e. The molecule has 1 aromatic carbocycles. The third kappa shape index (κ3) is 4.40. The van der Waals surface area contributed by atoms with Crippen LogP contribution < -0.4 is 10.6 Å². The first-order chi connectivity index (χ1) is 9.63. The van der Waals surface area contributed by atoms with Crippen LogP contribution in [-0.2, 0) is 0 Å². The van der Waals surface area contributed by atoms with Gasteiger partial charge in [-0.3, -0.25) is 5.32 Å². The number of carbonyl (C=O) groups excluding carboxylic acids is 1. The van der Waals surface area contributed by atoms with E-state index >= 15 is 0 Å². The van der Waals surface area contributed by atoms with Gasteiger partial charge in [0.1, 0.15) is 5.82 Å². The van der Waals surface area contributed by atoms with E-state index in [2.05, 4.69) is 15.6 Å². The zero-order valence-electron chi connectivity index (χ0n) is 10.9. The maximum atomic E-state index is 11.6. The molecule has 0 spiro atoms. The van der Waals surface area contributed by atoms with Crippen molar-refractivity contribution < 1.29 is 4.79 Å². The molecule has 1 heterocycles. The number of halogens is 1. The number of aromatic nitrogens is 1. The van der Waals surface area contributed by atoms with Crippen LogP contribution in [0.15, 0.2) is 48.8 Å². The Labute approximate surface area is 122 Å². The first-order valence-corrected chi connectivity index (χ1v) is 6.43. The van der Waals surface area contributed by atoms with Gasteiger partial charge in [-0.25, -0.2) is 9.78 Å². The molecule has 0 aliphatic carbocycles. The Bertz CT molecular complexity index is 606. The lowest BCUT2D eigenvalue weighted by molar-refractivity contribution is 0.255. The highest BCUT2D eigenvalue weighted by Gasteiger charge is 1.99. The van der Waals surface area contributed by atoms with Crippen molar-refractivity contribution in [1.29, 1.82) is 0 Å². The highest BCUT2D eigenvalue weighted by molar-refractivity contribution is 6.30. The molecule has 0 bridgehead atoms. The van der Waals surface area contributed by atoms with E-state index in [1.54, 1.807) is 18.3 Å². The molecule has 0 atom stereocenters. The van der Waals surface area contributed by atoms with Gasteiger partial charge in [0, 0.05) is 12.4 Å². The molecule has 0 fully saturated rings. The number of nitrogens with zero attached hydrogens (tertiary/aromatic N) is 1. The number of carbonyl (C=O) groups is 1. The molecular formula is C15H14ClN3O. The van der Waals surface area contributed by atoms with E-state index in [0.717, 1.165) is 5.56 Å². The zero-order valence-corrected chi connectivity index (χ0v) is 11.7. The molecule has 102 valence electrons. The zero-order chi connectivity index (χ0) is 14.4. The minimum atomic E-state index is -0.358. The Hall–Kier alpha value is -2.33. The van der Waals surface area contributed by atoms with Gasteiger partial charge >= 0.3 is 6.03 Å². The highest BCUT2D eigenvalue weighted by Crippen LogP contribution is 2.09. The maximum Gasteiger partial charge on any atom is 0.324 e. The first kappa shape index (κ1) is 14.1. The molecule has 5 heteroatoms.